The summed E-state index contributed by atoms with van der Waals surface area (Å²) in [6.07, 6.45) is 2.20. The van der Waals surface area contributed by atoms with Crippen LogP contribution < -0.4 is 14.4 Å². The molecule has 0 aliphatic heterocycles. The van der Waals surface area contributed by atoms with E-state index >= 15 is 0 Å². The van der Waals surface area contributed by atoms with Crippen LogP contribution in [0.25, 0.3) is 0 Å². The van der Waals surface area contributed by atoms with Gasteiger partial charge in [0.1, 0.15) is 17.5 Å². The van der Waals surface area contributed by atoms with E-state index in [9.17, 15) is 15.0 Å². The fourth-order valence-corrected chi connectivity index (χ4v) is 5.04. The van der Waals surface area contributed by atoms with Gasteiger partial charge in [-0.3, -0.25) is 0 Å². The largest absolute Gasteiger partial charge is 0.503 e. The molecule has 0 unspecified atom stereocenters. The number of carboxylic acids is 1. The van der Waals surface area contributed by atoms with E-state index in [1.807, 2.05) is 25.3 Å². The number of nitrogens with zero attached hydrogens (tertiary/aromatic N) is 5. The second kappa shape index (κ2) is 12.7. The highest BCUT2D eigenvalue weighted by Gasteiger charge is 2.34. The van der Waals surface area contributed by atoms with Gasteiger partial charge in [-0.1, -0.05) is 41.4 Å². The molecule has 2 aromatic carbocycles. The predicted molar refractivity (Wildman–Crippen MR) is 156 cm³/mol. The number of rotatable bonds is 11. The topological polar surface area (TPSA) is 123 Å². The van der Waals surface area contributed by atoms with E-state index in [-0.39, 0.29) is 28.4 Å². The molecule has 4 aromatic rings. The SMILES string of the molecule is CSCC[C@@H](C(=O)O)N(c1ccc(Cl)cc1Cl)c1c(C)nn(C)c1Oc1cc(O)c(Oc2ccccc2C)nn1. The number of aromatic hydroxyl groups is 1. The molecule has 0 fully saturated rings. The summed E-state index contributed by atoms with van der Waals surface area (Å²) in [6, 6.07) is 12.4. The first-order valence-electron chi connectivity index (χ1n) is 12.1. The minimum Gasteiger partial charge on any atom is -0.503 e. The van der Waals surface area contributed by atoms with Crippen LogP contribution in [-0.2, 0) is 11.8 Å². The van der Waals surface area contributed by atoms with Gasteiger partial charge < -0.3 is 24.6 Å². The molecule has 2 N–H and O–H groups in total. The molecule has 0 aliphatic rings. The summed E-state index contributed by atoms with van der Waals surface area (Å²) in [7, 11) is 1.65. The third-order valence-electron chi connectivity index (χ3n) is 5.96. The molecule has 2 aromatic heterocycles. The molecular weight excluding hydrogens is 577 g/mol. The molecule has 0 spiro atoms. The lowest BCUT2D eigenvalue weighted by molar-refractivity contribution is -0.138. The molecule has 0 bridgehead atoms. The highest BCUT2D eigenvalue weighted by molar-refractivity contribution is 7.98. The van der Waals surface area contributed by atoms with Crippen LogP contribution in [0.4, 0.5) is 11.4 Å². The average Bonchev–Trinajstić information content (AvgIpc) is 3.17. The van der Waals surface area contributed by atoms with Crippen molar-refractivity contribution in [3.05, 3.63) is 69.8 Å². The van der Waals surface area contributed by atoms with Gasteiger partial charge in [0.05, 0.1) is 22.5 Å². The molecule has 40 heavy (non-hydrogen) atoms. The maximum Gasteiger partial charge on any atom is 0.326 e. The Morgan fingerprint density at radius 2 is 1.88 bits per heavy atom. The van der Waals surface area contributed by atoms with Gasteiger partial charge in [-0.05, 0) is 62.1 Å². The molecule has 0 aliphatic carbocycles. The summed E-state index contributed by atoms with van der Waals surface area (Å²) in [5, 5.41) is 34.1. The van der Waals surface area contributed by atoms with E-state index in [0.717, 1.165) is 5.56 Å². The zero-order valence-corrected chi connectivity index (χ0v) is 24.5. The smallest absolute Gasteiger partial charge is 0.326 e. The summed E-state index contributed by atoms with van der Waals surface area (Å²) >= 11 is 14.3. The number of aryl methyl sites for hydroxylation is 3. The van der Waals surface area contributed by atoms with Crippen molar-refractivity contribution in [3.63, 3.8) is 0 Å². The van der Waals surface area contributed by atoms with Crippen molar-refractivity contribution in [2.24, 2.45) is 7.05 Å². The van der Waals surface area contributed by atoms with E-state index in [4.69, 9.17) is 32.7 Å². The van der Waals surface area contributed by atoms with Crippen LogP contribution >= 0.6 is 35.0 Å². The summed E-state index contributed by atoms with van der Waals surface area (Å²) in [5.41, 5.74) is 2.11. The van der Waals surface area contributed by atoms with Crippen molar-refractivity contribution in [1.29, 1.82) is 0 Å². The Balaban J connectivity index is 1.76. The van der Waals surface area contributed by atoms with E-state index in [0.29, 0.717) is 40.0 Å². The van der Waals surface area contributed by atoms with Crippen LogP contribution in [0.2, 0.25) is 10.0 Å². The normalized spacial score (nSPS) is 11.8. The Morgan fingerprint density at radius 3 is 2.52 bits per heavy atom. The van der Waals surface area contributed by atoms with Gasteiger partial charge in [0, 0.05) is 12.1 Å². The molecule has 0 saturated carbocycles. The number of hydrogen-bond donors (Lipinski definition) is 2. The number of hydrogen-bond acceptors (Lipinski definition) is 9. The van der Waals surface area contributed by atoms with Crippen molar-refractivity contribution >= 4 is 52.3 Å². The first kappa shape index (κ1) is 29.3. The lowest BCUT2D eigenvalue weighted by atomic mass is 10.1. The van der Waals surface area contributed by atoms with Crippen molar-refractivity contribution in [1.82, 2.24) is 20.0 Å². The standard InChI is InChI=1S/C27H27Cl2N5O5S/c1-15-7-5-6-8-22(15)38-25-21(35)14-23(30-31-25)39-26-24(16(2)32-33(26)3)34(20(27(36)37)11-12-40-4)19-10-9-17(28)13-18(19)29/h5-10,13-14,20H,11-12H2,1-4H3,(H,30,35)(H,36,37)/t20-/m0/s1. The van der Waals surface area contributed by atoms with Crippen LogP contribution in [-0.4, -0.2) is 54.2 Å². The number of para-hydroxylation sites is 1. The van der Waals surface area contributed by atoms with Crippen LogP contribution in [0.5, 0.6) is 29.1 Å². The Kier molecular flexibility index (Phi) is 9.28. The number of carbonyl (C=O) groups is 1. The van der Waals surface area contributed by atoms with Gasteiger partial charge in [-0.15, -0.1) is 10.2 Å². The molecule has 2 heterocycles. The van der Waals surface area contributed by atoms with Gasteiger partial charge >= 0.3 is 5.97 Å². The van der Waals surface area contributed by atoms with Crippen molar-refractivity contribution in [2.75, 3.05) is 16.9 Å². The molecule has 1 atom stereocenters. The molecule has 0 saturated heterocycles. The van der Waals surface area contributed by atoms with Crippen LogP contribution in [0.15, 0.2) is 48.5 Å². The molecular formula is C27H27Cl2N5O5S. The molecule has 0 radical (unpaired) electrons. The number of halogens is 2. The zero-order valence-electron chi connectivity index (χ0n) is 22.1. The average molecular weight is 605 g/mol. The summed E-state index contributed by atoms with van der Waals surface area (Å²) < 4.78 is 13.2. The Hall–Kier alpha value is -3.67. The fraction of sp³-hybridized carbons (Fsp3) is 0.259. The van der Waals surface area contributed by atoms with Crippen LogP contribution in [0, 0.1) is 13.8 Å². The van der Waals surface area contributed by atoms with Gasteiger partial charge in [-0.25, -0.2) is 9.48 Å². The lowest BCUT2D eigenvalue weighted by Gasteiger charge is -2.32. The first-order chi connectivity index (χ1) is 19.1. The van der Waals surface area contributed by atoms with E-state index in [1.54, 1.807) is 49.2 Å². The molecule has 0 amide bonds. The highest BCUT2D eigenvalue weighted by Crippen LogP contribution is 2.44. The van der Waals surface area contributed by atoms with Gasteiger partial charge in [0.15, 0.2) is 5.75 Å². The second-order valence-corrected chi connectivity index (χ2v) is 10.6. The van der Waals surface area contributed by atoms with Gasteiger partial charge in [-0.2, -0.15) is 16.9 Å². The molecule has 13 heteroatoms. The third kappa shape index (κ3) is 6.38. The van der Waals surface area contributed by atoms with Crippen molar-refractivity contribution in [2.45, 2.75) is 26.3 Å². The summed E-state index contributed by atoms with van der Waals surface area (Å²) in [6.45, 7) is 3.60. The third-order valence-corrected chi connectivity index (χ3v) is 7.14. The van der Waals surface area contributed by atoms with Gasteiger partial charge in [0.25, 0.3) is 5.88 Å². The number of benzene rings is 2. The number of aromatic nitrogens is 4. The van der Waals surface area contributed by atoms with Crippen molar-refractivity contribution in [3.8, 4) is 29.1 Å². The highest BCUT2D eigenvalue weighted by atomic mass is 35.5. The number of carboxylic acid groups (broad SMARTS) is 1. The lowest BCUT2D eigenvalue weighted by Crippen LogP contribution is -2.39. The summed E-state index contributed by atoms with van der Waals surface area (Å²) in [4.78, 5) is 14.1. The number of ether oxygens (including phenoxy) is 2. The quantitative estimate of drug-likeness (QED) is 0.190. The van der Waals surface area contributed by atoms with Crippen molar-refractivity contribution < 1.29 is 24.5 Å². The Labute approximate surface area is 245 Å². The first-order valence-corrected chi connectivity index (χ1v) is 14.2. The number of anilines is 2. The van der Waals surface area contributed by atoms with Crippen LogP contribution in [0.3, 0.4) is 0 Å². The maximum absolute atomic E-state index is 12.6. The zero-order chi connectivity index (χ0) is 29.0. The molecule has 10 nitrogen and oxygen atoms in total. The van der Waals surface area contributed by atoms with Gasteiger partial charge in [0.2, 0.25) is 11.8 Å². The van der Waals surface area contributed by atoms with E-state index < -0.39 is 12.0 Å². The Morgan fingerprint density at radius 1 is 1.12 bits per heavy atom. The number of thioether (sulfide) groups is 1. The van der Waals surface area contributed by atoms with Crippen LogP contribution in [0.1, 0.15) is 17.7 Å². The molecule has 4 rings (SSSR count). The minimum absolute atomic E-state index is 0.0583. The Bertz CT molecular complexity index is 1530. The minimum atomic E-state index is -1.05. The maximum atomic E-state index is 12.6. The fourth-order valence-electron chi connectivity index (χ4n) is 4.08. The number of aliphatic carboxylic acids is 1. The van der Waals surface area contributed by atoms with E-state index in [1.165, 1.54) is 22.5 Å². The predicted octanol–water partition coefficient (Wildman–Crippen LogP) is 6.77. The summed E-state index contributed by atoms with van der Waals surface area (Å²) in [5.74, 6) is -0.238. The molecule has 210 valence electrons. The monoisotopic (exact) mass is 603 g/mol. The second-order valence-electron chi connectivity index (χ2n) is 8.81. The van der Waals surface area contributed by atoms with E-state index in [2.05, 4.69) is 15.3 Å².